The van der Waals surface area contributed by atoms with Crippen molar-refractivity contribution in [3.05, 3.63) is 0 Å². The van der Waals surface area contributed by atoms with Gasteiger partial charge < -0.3 is 15.3 Å². The van der Waals surface area contributed by atoms with Crippen LogP contribution < -0.4 is 5.32 Å². The summed E-state index contributed by atoms with van der Waals surface area (Å²) in [7, 11) is 0. The van der Waals surface area contributed by atoms with E-state index in [1.165, 1.54) is 6.42 Å². The molecule has 2 saturated heterocycles. The van der Waals surface area contributed by atoms with Crippen LogP contribution in [0.2, 0.25) is 0 Å². The first kappa shape index (κ1) is 15.3. The molecule has 0 saturated carbocycles. The zero-order chi connectivity index (χ0) is 14.5. The number of piperazine rings is 1. The zero-order valence-electron chi connectivity index (χ0n) is 12.2. The third kappa shape index (κ3) is 3.49. The van der Waals surface area contributed by atoms with Gasteiger partial charge in [0.15, 0.2) is 0 Å². The van der Waals surface area contributed by atoms with Crippen molar-refractivity contribution in [1.82, 2.24) is 15.1 Å². The number of piperidine rings is 1. The standard InChI is InChI=1S/C14H25N3O3/c1-2-11-5-3-4-7-17(11)13(18)10-16-8-6-15-9-12(16)14(19)20/h11-12,15H,2-10H2,1H3,(H,19,20). The Labute approximate surface area is 120 Å². The highest BCUT2D eigenvalue weighted by Gasteiger charge is 2.32. The Morgan fingerprint density at radius 1 is 1.30 bits per heavy atom. The first-order valence-electron chi connectivity index (χ1n) is 7.60. The van der Waals surface area contributed by atoms with Gasteiger partial charge in [-0.25, -0.2) is 0 Å². The molecule has 2 N–H and O–H groups in total. The third-order valence-electron chi connectivity index (χ3n) is 4.40. The SMILES string of the molecule is CCC1CCCCN1C(=O)CN1CCNCC1C(=O)O. The molecule has 0 aromatic rings. The minimum atomic E-state index is -0.851. The minimum Gasteiger partial charge on any atom is -0.480 e. The normalized spacial score (nSPS) is 28.4. The second-order valence-corrected chi connectivity index (χ2v) is 5.67. The van der Waals surface area contributed by atoms with E-state index in [1.54, 1.807) is 4.90 Å². The van der Waals surface area contributed by atoms with Crippen LogP contribution in [0.15, 0.2) is 0 Å². The fraction of sp³-hybridized carbons (Fsp3) is 0.857. The van der Waals surface area contributed by atoms with Crippen molar-refractivity contribution in [2.45, 2.75) is 44.7 Å². The fourth-order valence-electron chi connectivity index (χ4n) is 3.20. The van der Waals surface area contributed by atoms with Crippen molar-refractivity contribution in [1.29, 1.82) is 0 Å². The van der Waals surface area contributed by atoms with Gasteiger partial charge in [0.25, 0.3) is 0 Å². The maximum atomic E-state index is 12.5. The van der Waals surface area contributed by atoms with E-state index in [0.717, 1.165) is 32.4 Å². The van der Waals surface area contributed by atoms with Gasteiger partial charge in [0.1, 0.15) is 6.04 Å². The van der Waals surface area contributed by atoms with Gasteiger partial charge in [-0.15, -0.1) is 0 Å². The fourth-order valence-corrected chi connectivity index (χ4v) is 3.20. The average molecular weight is 283 g/mol. The summed E-state index contributed by atoms with van der Waals surface area (Å²) < 4.78 is 0. The lowest BCUT2D eigenvalue weighted by molar-refractivity contribution is -0.146. The Morgan fingerprint density at radius 3 is 2.80 bits per heavy atom. The van der Waals surface area contributed by atoms with Crippen LogP contribution in [-0.2, 0) is 9.59 Å². The molecule has 0 radical (unpaired) electrons. The summed E-state index contributed by atoms with van der Waals surface area (Å²) in [5.74, 6) is -0.764. The summed E-state index contributed by atoms with van der Waals surface area (Å²) in [6.45, 7) is 4.94. The number of nitrogens with one attached hydrogen (secondary N) is 1. The van der Waals surface area contributed by atoms with Crippen molar-refractivity contribution < 1.29 is 14.7 Å². The highest BCUT2D eigenvalue weighted by molar-refractivity contribution is 5.80. The van der Waals surface area contributed by atoms with E-state index in [9.17, 15) is 14.7 Å². The zero-order valence-corrected chi connectivity index (χ0v) is 12.2. The van der Waals surface area contributed by atoms with Crippen LogP contribution >= 0.6 is 0 Å². The molecule has 0 aromatic carbocycles. The van der Waals surface area contributed by atoms with Gasteiger partial charge >= 0.3 is 5.97 Å². The number of rotatable bonds is 4. The number of carbonyl (C=O) groups is 2. The number of hydrogen-bond donors (Lipinski definition) is 2. The van der Waals surface area contributed by atoms with E-state index in [1.807, 2.05) is 4.90 Å². The molecule has 2 aliphatic rings. The average Bonchev–Trinajstić information content (AvgIpc) is 2.47. The molecule has 2 unspecified atom stereocenters. The lowest BCUT2D eigenvalue weighted by atomic mass is 10.00. The van der Waals surface area contributed by atoms with Crippen LogP contribution in [-0.4, -0.2) is 71.6 Å². The number of aliphatic carboxylic acids is 1. The van der Waals surface area contributed by atoms with E-state index in [-0.39, 0.29) is 12.5 Å². The lowest BCUT2D eigenvalue weighted by Crippen LogP contribution is -2.58. The highest BCUT2D eigenvalue weighted by atomic mass is 16.4. The first-order chi connectivity index (χ1) is 9.63. The molecule has 1 amide bonds. The topological polar surface area (TPSA) is 72.9 Å². The van der Waals surface area contributed by atoms with Gasteiger partial charge in [-0.05, 0) is 25.7 Å². The molecule has 2 aliphatic heterocycles. The van der Waals surface area contributed by atoms with Gasteiger partial charge in [0, 0.05) is 32.2 Å². The van der Waals surface area contributed by atoms with Gasteiger partial charge in [-0.2, -0.15) is 0 Å². The Kier molecular flexibility index (Phi) is 5.37. The lowest BCUT2D eigenvalue weighted by Gasteiger charge is -2.38. The number of carbonyl (C=O) groups excluding carboxylic acids is 1. The van der Waals surface area contributed by atoms with Crippen molar-refractivity contribution in [3.63, 3.8) is 0 Å². The molecule has 114 valence electrons. The summed E-state index contributed by atoms with van der Waals surface area (Å²) in [5, 5.41) is 12.3. The molecule has 2 rings (SSSR count). The number of carboxylic acids is 1. The van der Waals surface area contributed by atoms with Crippen LogP contribution in [0.1, 0.15) is 32.6 Å². The second-order valence-electron chi connectivity index (χ2n) is 5.67. The molecule has 0 bridgehead atoms. The van der Waals surface area contributed by atoms with E-state index in [2.05, 4.69) is 12.2 Å². The Hall–Kier alpha value is -1.14. The summed E-state index contributed by atoms with van der Waals surface area (Å²) in [6.07, 6.45) is 4.31. The van der Waals surface area contributed by atoms with Crippen molar-refractivity contribution >= 4 is 11.9 Å². The monoisotopic (exact) mass is 283 g/mol. The second kappa shape index (κ2) is 7.04. The number of likely N-dealkylation sites (tertiary alicyclic amines) is 1. The summed E-state index contributed by atoms with van der Waals surface area (Å²) in [6, 6.07) is -0.250. The maximum Gasteiger partial charge on any atom is 0.322 e. The van der Waals surface area contributed by atoms with Crippen molar-refractivity contribution in [2.75, 3.05) is 32.7 Å². The summed E-state index contributed by atoms with van der Waals surface area (Å²) in [5.41, 5.74) is 0. The Balaban J connectivity index is 1.96. The smallest absolute Gasteiger partial charge is 0.322 e. The Morgan fingerprint density at radius 2 is 2.10 bits per heavy atom. The molecular weight excluding hydrogens is 258 g/mol. The number of hydrogen-bond acceptors (Lipinski definition) is 4. The molecular formula is C14H25N3O3. The predicted molar refractivity (Wildman–Crippen MR) is 75.5 cm³/mol. The van der Waals surface area contributed by atoms with Crippen LogP contribution in [0.5, 0.6) is 0 Å². The predicted octanol–water partition coefficient (Wildman–Crippen LogP) is 0.136. The van der Waals surface area contributed by atoms with Crippen LogP contribution in [0.4, 0.5) is 0 Å². The van der Waals surface area contributed by atoms with Gasteiger partial charge in [-0.3, -0.25) is 14.5 Å². The van der Waals surface area contributed by atoms with Crippen molar-refractivity contribution in [2.24, 2.45) is 0 Å². The van der Waals surface area contributed by atoms with E-state index >= 15 is 0 Å². The molecule has 6 nitrogen and oxygen atoms in total. The van der Waals surface area contributed by atoms with E-state index < -0.39 is 12.0 Å². The number of amides is 1. The molecule has 20 heavy (non-hydrogen) atoms. The summed E-state index contributed by atoms with van der Waals surface area (Å²) in [4.78, 5) is 27.5. The van der Waals surface area contributed by atoms with E-state index in [4.69, 9.17) is 0 Å². The third-order valence-corrected chi connectivity index (χ3v) is 4.40. The highest BCUT2D eigenvalue weighted by Crippen LogP contribution is 2.20. The molecule has 0 aliphatic carbocycles. The largest absolute Gasteiger partial charge is 0.480 e. The quantitative estimate of drug-likeness (QED) is 0.767. The summed E-state index contributed by atoms with van der Waals surface area (Å²) >= 11 is 0. The van der Waals surface area contributed by atoms with Crippen LogP contribution in [0, 0.1) is 0 Å². The maximum absolute atomic E-state index is 12.5. The molecule has 0 aromatic heterocycles. The Bertz CT molecular complexity index is 362. The van der Waals surface area contributed by atoms with Gasteiger partial charge in [0.2, 0.25) is 5.91 Å². The van der Waals surface area contributed by atoms with Gasteiger partial charge in [0.05, 0.1) is 6.54 Å². The van der Waals surface area contributed by atoms with Gasteiger partial charge in [-0.1, -0.05) is 6.92 Å². The molecule has 0 spiro atoms. The number of nitrogens with zero attached hydrogens (tertiary/aromatic N) is 2. The molecule has 6 heteroatoms. The van der Waals surface area contributed by atoms with Crippen LogP contribution in [0.25, 0.3) is 0 Å². The molecule has 2 fully saturated rings. The molecule has 2 atom stereocenters. The van der Waals surface area contributed by atoms with Crippen LogP contribution in [0.3, 0.4) is 0 Å². The number of carboxylic acid groups (broad SMARTS) is 1. The molecule has 2 heterocycles. The first-order valence-corrected chi connectivity index (χ1v) is 7.60. The van der Waals surface area contributed by atoms with E-state index in [0.29, 0.717) is 19.1 Å². The van der Waals surface area contributed by atoms with Crippen molar-refractivity contribution in [3.8, 4) is 0 Å². The minimum absolute atomic E-state index is 0.0877.